The van der Waals surface area contributed by atoms with Crippen LogP contribution in [0.15, 0.2) is 54.2 Å². The molecule has 0 saturated heterocycles. The summed E-state index contributed by atoms with van der Waals surface area (Å²) in [6.45, 7) is 2.86. The van der Waals surface area contributed by atoms with E-state index in [2.05, 4.69) is 40.4 Å². The van der Waals surface area contributed by atoms with Crippen LogP contribution in [0, 0.1) is 0 Å². The zero-order valence-electron chi connectivity index (χ0n) is 12.5. The normalized spacial score (nSPS) is 11.3. The second-order valence-corrected chi connectivity index (χ2v) is 4.99. The van der Waals surface area contributed by atoms with Crippen LogP contribution in [-0.2, 0) is 0 Å². The lowest BCUT2D eigenvalue weighted by atomic mass is 10.0. The Labute approximate surface area is 129 Å². The number of hydrogen-bond donors (Lipinski definition) is 0. The molecule has 0 amide bonds. The number of rotatable bonds is 6. The van der Waals surface area contributed by atoms with Crippen LogP contribution in [-0.4, -0.2) is 27.7 Å². The highest BCUT2D eigenvalue weighted by Crippen LogP contribution is 2.27. The highest BCUT2D eigenvalue weighted by atomic mass is 16.5. The Kier molecular flexibility index (Phi) is 4.44. The molecule has 1 heterocycles. The van der Waals surface area contributed by atoms with Crippen molar-refractivity contribution in [2.24, 2.45) is 5.10 Å². The Balaban J connectivity index is 2.00. The van der Waals surface area contributed by atoms with Gasteiger partial charge in [-0.15, -0.1) is 10.2 Å². The van der Waals surface area contributed by atoms with Gasteiger partial charge >= 0.3 is 0 Å². The van der Waals surface area contributed by atoms with E-state index in [4.69, 9.17) is 4.74 Å². The van der Waals surface area contributed by atoms with Crippen LogP contribution in [0.2, 0.25) is 0 Å². The zero-order valence-corrected chi connectivity index (χ0v) is 12.5. The summed E-state index contributed by atoms with van der Waals surface area (Å²) in [5.41, 5.74) is 0.975. The molecule has 22 heavy (non-hydrogen) atoms. The molecule has 1 aromatic heterocycles. The Bertz CT molecular complexity index is 765. The number of fused-ring (bicyclic) bond motifs is 1. The van der Waals surface area contributed by atoms with Crippen LogP contribution in [0.4, 0.5) is 0 Å². The second kappa shape index (κ2) is 6.85. The van der Waals surface area contributed by atoms with Crippen molar-refractivity contribution in [3.63, 3.8) is 0 Å². The molecule has 0 aliphatic carbocycles. The summed E-state index contributed by atoms with van der Waals surface area (Å²) in [5, 5.41) is 14.1. The van der Waals surface area contributed by atoms with E-state index in [0.29, 0.717) is 6.61 Å². The molecule has 0 atom stereocenters. The monoisotopic (exact) mass is 294 g/mol. The minimum Gasteiger partial charge on any atom is -0.493 e. The molecule has 5 nitrogen and oxygen atoms in total. The molecule has 0 aliphatic rings. The molecule has 5 heteroatoms. The Hall–Kier alpha value is -2.69. The third kappa shape index (κ3) is 3.14. The van der Waals surface area contributed by atoms with Gasteiger partial charge in [-0.1, -0.05) is 43.7 Å². The van der Waals surface area contributed by atoms with Crippen molar-refractivity contribution in [1.82, 2.24) is 14.9 Å². The molecule has 0 spiro atoms. The topological polar surface area (TPSA) is 52.3 Å². The van der Waals surface area contributed by atoms with Gasteiger partial charge in [0.2, 0.25) is 0 Å². The van der Waals surface area contributed by atoms with E-state index in [1.165, 1.54) is 0 Å². The van der Waals surface area contributed by atoms with Crippen molar-refractivity contribution in [3.05, 3.63) is 54.6 Å². The van der Waals surface area contributed by atoms with Gasteiger partial charge in [-0.2, -0.15) is 5.10 Å². The van der Waals surface area contributed by atoms with E-state index in [9.17, 15) is 0 Å². The average Bonchev–Trinajstić information content (AvgIpc) is 3.07. The molecule has 3 aromatic rings. The van der Waals surface area contributed by atoms with Gasteiger partial charge in [-0.3, -0.25) is 0 Å². The van der Waals surface area contributed by atoms with E-state index < -0.39 is 0 Å². The van der Waals surface area contributed by atoms with Gasteiger partial charge in [0.25, 0.3) is 0 Å². The summed E-state index contributed by atoms with van der Waals surface area (Å²) in [6, 6.07) is 12.3. The van der Waals surface area contributed by atoms with Gasteiger partial charge in [-0.05, 0) is 23.3 Å². The SMILES string of the molecule is CCCCOc1ccc2ccccc2c1/C=N/n1cnnc1. The number of nitrogens with zero attached hydrogens (tertiary/aromatic N) is 4. The van der Waals surface area contributed by atoms with Crippen LogP contribution in [0.5, 0.6) is 5.75 Å². The number of benzene rings is 2. The molecule has 2 aromatic carbocycles. The molecule has 0 aliphatic heterocycles. The molecule has 0 saturated carbocycles. The molecular formula is C17H18N4O. The molecule has 0 radical (unpaired) electrons. The number of unbranched alkanes of at least 4 members (excludes halogenated alkanes) is 1. The fourth-order valence-electron chi connectivity index (χ4n) is 2.24. The highest BCUT2D eigenvalue weighted by Gasteiger charge is 2.07. The van der Waals surface area contributed by atoms with Gasteiger partial charge < -0.3 is 4.74 Å². The van der Waals surface area contributed by atoms with Crippen LogP contribution < -0.4 is 4.74 Å². The Morgan fingerprint density at radius 2 is 1.95 bits per heavy atom. The first-order valence-electron chi connectivity index (χ1n) is 7.42. The third-order valence-electron chi connectivity index (χ3n) is 3.41. The molecule has 0 bridgehead atoms. The van der Waals surface area contributed by atoms with Gasteiger partial charge in [0.05, 0.1) is 12.8 Å². The third-order valence-corrected chi connectivity index (χ3v) is 3.41. The molecule has 0 unspecified atom stereocenters. The smallest absolute Gasteiger partial charge is 0.141 e. The van der Waals surface area contributed by atoms with E-state index in [0.717, 1.165) is 34.9 Å². The summed E-state index contributed by atoms with van der Waals surface area (Å²) in [5.74, 6) is 0.851. The summed E-state index contributed by atoms with van der Waals surface area (Å²) in [6.07, 6.45) is 7.05. The van der Waals surface area contributed by atoms with Crippen molar-refractivity contribution in [2.75, 3.05) is 6.61 Å². The summed E-state index contributed by atoms with van der Waals surface area (Å²) in [4.78, 5) is 0. The molecular weight excluding hydrogens is 276 g/mol. The number of ether oxygens (including phenoxy) is 1. The lowest BCUT2D eigenvalue weighted by molar-refractivity contribution is 0.309. The van der Waals surface area contributed by atoms with Gasteiger partial charge in [0.1, 0.15) is 18.4 Å². The van der Waals surface area contributed by atoms with Crippen molar-refractivity contribution >= 4 is 17.0 Å². The van der Waals surface area contributed by atoms with Gasteiger partial charge in [0, 0.05) is 5.56 Å². The Morgan fingerprint density at radius 1 is 1.14 bits per heavy atom. The predicted octanol–water partition coefficient (Wildman–Crippen LogP) is 3.49. The summed E-state index contributed by atoms with van der Waals surface area (Å²) < 4.78 is 7.49. The maximum Gasteiger partial charge on any atom is 0.141 e. The first-order valence-corrected chi connectivity index (χ1v) is 7.42. The quantitative estimate of drug-likeness (QED) is 0.516. The lowest BCUT2D eigenvalue weighted by Crippen LogP contribution is -2.01. The average molecular weight is 294 g/mol. The molecule has 0 fully saturated rings. The van der Waals surface area contributed by atoms with E-state index in [-0.39, 0.29) is 0 Å². The van der Waals surface area contributed by atoms with Crippen molar-refractivity contribution in [1.29, 1.82) is 0 Å². The molecule has 0 N–H and O–H groups in total. The first kappa shape index (κ1) is 14.3. The summed E-state index contributed by atoms with van der Waals surface area (Å²) >= 11 is 0. The van der Waals surface area contributed by atoms with Crippen LogP contribution in [0.1, 0.15) is 25.3 Å². The number of aromatic nitrogens is 3. The van der Waals surface area contributed by atoms with Gasteiger partial charge in [0.15, 0.2) is 0 Å². The lowest BCUT2D eigenvalue weighted by Gasteiger charge is -2.11. The molecule has 3 rings (SSSR count). The van der Waals surface area contributed by atoms with Crippen LogP contribution >= 0.6 is 0 Å². The van der Waals surface area contributed by atoms with Crippen molar-refractivity contribution in [2.45, 2.75) is 19.8 Å². The van der Waals surface area contributed by atoms with Crippen molar-refractivity contribution in [3.8, 4) is 5.75 Å². The minimum absolute atomic E-state index is 0.711. The van der Waals surface area contributed by atoms with E-state index >= 15 is 0 Å². The van der Waals surface area contributed by atoms with Gasteiger partial charge in [-0.25, -0.2) is 4.68 Å². The predicted molar refractivity (Wildman–Crippen MR) is 87.4 cm³/mol. The first-order chi connectivity index (χ1) is 10.9. The largest absolute Gasteiger partial charge is 0.493 e. The maximum atomic E-state index is 5.92. The fourth-order valence-corrected chi connectivity index (χ4v) is 2.24. The van der Waals surface area contributed by atoms with Crippen LogP contribution in [0.3, 0.4) is 0 Å². The highest BCUT2D eigenvalue weighted by molar-refractivity contribution is 6.02. The Morgan fingerprint density at radius 3 is 2.77 bits per heavy atom. The summed E-state index contributed by atoms with van der Waals surface area (Å²) in [7, 11) is 0. The van der Waals surface area contributed by atoms with E-state index in [1.54, 1.807) is 23.5 Å². The fraction of sp³-hybridized carbons (Fsp3) is 0.235. The standard InChI is InChI=1S/C17H18N4O/c1-2-3-10-22-17-9-8-14-6-4-5-7-15(14)16(17)11-20-21-12-18-19-13-21/h4-9,11-13H,2-3,10H2,1H3/b20-11+. The number of hydrogen-bond acceptors (Lipinski definition) is 4. The van der Waals surface area contributed by atoms with Crippen LogP contribution in [0.25, 0.3) is 10.8 Å². The van der Waals surface area contributed by atoms with E-state index in [1.807, 2.05) is 18.2 Å². The maximum absolute atomic E-state index is 5.92. The zero-order chi connectivity index (χ0) is 15.2. The second-order valence-electron chi connectivity index (χ2n) is 4.99. The minimum atomic E-state index is 0.711. The molecule has 112 valence electrons. The van der Waals surface area contributed by atoms with Crippen molar-refractivity contribution < 1.29 is 4.74 Å².